The Hall–Kier alpha value is -2.42. The van der Waals surface area contributed by atoms with Crippen LogP contribution in [0.25, 0.3) is 10.8 Å². The highest BCUT2D eigenvalue weighted by Crippen LogP contribution is 2.26. The average Bonchev–Trinajstić information content (AvgIpc) is 2.47. The lowest BCUT2D eigenvalue weighted by atomic mass is 9.98. The van der Waals surface area contributed by atoms with Crippen molar-refractivity contribution in [3.63, 3.8) is 0 Å². The van der Waals surface area contributed by atoms with Crippen LogP contribution in [-0.4, -0.2) is 11.8 Å². The van der Waals surface area contributed by atoms with E-state index in [1.54, 1.807) is 6.07 Å². The molecule has 114 valence electrons. The van der Waals surface area contributed by atoms with E-state index in [1.165, 1.54) is 6.92 Å². The number of rotatable bonds is 7. The number of carbonyl (C=O) groups is 2. The van der Waals surface area contributed by atoms with E-state index in [2.05, 4.69) is 6.58 Å². The third kappa shape index (κ3) is 4.29. The van der Waals surface area contributed by atoms with Crippen molar-refractivity contribution in [3.8, 4) is 5.75 Å². The van der Waals surface area contributed by atoms with Gasteiger partial charge >= 0.3 is 5.97 Å². The molecule has 0 bridgehead atoms. The van der Waals surface area contributed by atoms with Crippen molar-refractivity contribution in [2.45, 2.75) is 32.6 Å². The minimum absolute atomic E-state index is 0.187. The van der Waals surface area contributed by atoms with Gasteiger partial charge in [-0.15, -0.1) is 6.58 Å². The van der Waals surface area contributed by atoms with Crippen LogP contribution in [0.1, 0.15) is 31.7 Å². The lowest BCUT2D eigenvalue weighted by molar-refractivity contribution is -0.131. The first-order valence-corrected chi connectivity index (χ1v) is 7.43. The summed E-state index contributed by atoms with van der Waals surface area (Å²) >= 11 is 0. The Morgan fingerprint density at radius 2 is 2.00 bits per heavy atom. The van der Waals surface area contributed by atoms with Gasteiger partial charge in [-0.3, -0.25) is 9.59 Å². The number of carbonyl (C=O) groups excluding carboxylic acids is 2. The molecule has 2 aromatic carbocycles. The Morgan fingerprint density at radius 1 is 1.23 bits per heavy atom. The highest BCUT2D eigenvalue weighted by Gasteiger charge is 2.10. The predicted octanol–water partition coefficient (Wildman–Crippen LogP) is 4.23. The number of allylic oxidation sites excluding steroid dienone is 1. The summed E-state index contributed by atoms with van der Waals surface area (Å²) in [6.45, 7) is 5.03. The molecule has 2 rings (SSSR count). The van der Waals surface area contributed by atoms with Crippen molar-refractivity contribution in [2.24, 2.45) is 0 Å². The third-order valence-electron chi connectivity index (χ3n) is 3.43. The first-order chi connectivity index (χ1) is 10.6. The molecule has 3 nitrogen and oxygen atoms in total. The molecule has 0 aliphatic heterocycles. The lowest BCUT2D eigenvalue weighted by Gasteiger charge is -2.10. The molecular weight excluding hydrogens is 276 g/mol. The van der Waals surface area contributed by atoms with Crippen LogP contribution in [-0.2, 0) is 16.0 Å². The molecule has 2 aromatic rings. The number of fused-ring (bicyclic) bond motifs is 1. The molecule has 0 fully saturated rings. The fraction of sp³-hybridized carbons (Fsp3) is 0.263. The molecule has 0 radical (unpaired) electrons. The molecule has 0 aliphatic rings. The van der Waals surface area contributed by atoms with Gasteiger partial charge in [-0.2, -0.15) is 0 Å². The highest BCUT2D eigenvalue weighted by molar-refractivity contribution is 5.92. The van der Waals surface area contributed by atoms with Gasteiger partial charge in [0, 0.05) is 19.8 Å². The van der Waals surface area contributed by atoms with E-state index in [-0.39, 0.29) is 11.8 Å². The minimum Gasteiger partial charge on any atom is -0.427 e. The summed E-state index contributed by atoms with van der Waals surface area (Å²) in [5, 5.41) is 1.99. The van der Waals surface area contributed by atoms with E-state index < -0.39 is 0 Å². The van der Waals surface area contributed by atoms with Crippen molar-refractivity contribution < 1.29 is 14.3 Å². The van der Waals surface area contributed by atoms with Crippen LogP contribution < -0.4 is 4.74 Å². The van der Waals surface area contributed by atoms with Gasteiger partial charge in [0.25, 0.3) is 0 Å². The van der Waals surface area contributed by atoms with E-state index in [0.29, 0.717) is 18.6 Å². The van der Waals surface area contributed by atoms with Gasteiger partial charge in [-0.1, -0.05) is 30.3 Å². The van der Waals surface area contributed by atoms with Crippen LogP contribution >= 0.6 is 0 Å². The topological polar surface area (TPSA) is 43.4 Å². The molecule has 3 heteroatoms. The predicted molar refractivity (Wildman–Crippen MR) is 88.0 cm³/mol. The monoisotopic (exact) mass is 296 g/mol. The third-order valence-corrected chi connectivity index (χ3v) is 3.43. The number of esters is 1. The number of hydrogen-bond acceptors (Lipinski definition) is 3. The van der Waals surface area contributed by atoms with Gasteiger partial charge in [0.05, 0.1) is 0 Å². The molecule has 0 aliphatic carbocycles. The molecule has 0 saturated carbocycles. The molecule has 0 unspecified atom stereocenters. The molecular formula is C19H20O3. The normalized spacial score (nSPS) is 10.4. The summed E-state index contributed by atoms with van der Waals surface area (Å²) in [7, 11) is 0. The van der Waals surface area contributed by atoms with E-state index >= 15 is 0 Å². The zero-order valence-corrected chi connectivity index (χ0v) is 12.8. The Kier molecular flexibility index (Phi) is 5.48. The Labute approximate surface area is 130 Å². The second-order valence-corrected chi connectivity index (χ2v) is 5.29. The van der Waals surface area contributed by atoms with Crippen LogP contribution in [0.3, 0.4) is 0 Å². The fourth-order valence-electron chi connectivity index (χ4n) is 2.48. The van der Waals surface area contributed by atoms with Crippen LogP contribution in [0.5, 0.6) is 5.75 Å². The van der Waals surface area contributed by atoms with Crippen molar-refractivity contribution in [1.29, 1.82) is 0 Å². The zero-order chi connectivity index (χ0) is 15.9. The Bertz CT molecular complexity index is 701. The number of Topliss-reactive ketones (excluding diaryl/α,β-unsaturated/α-hetero) is 1. The smallest absolute Gasteiger partial charge is 0.308 e. The van der Waals surface area contributed by atoms with Gasteiger partial charge in [0.2, 0.25) is 0 Å². The van der Waals surface area contributed by atoms with Gasteiger partial charge in [-0.25, -0.2) is 0 Å². The SMILES string of the molecule is C=CCCCC(=O)Cc1cc(OC(C)=O)cc2ccccc12. The number of benzene rings is 2. The maximum Gasteiger partial charge on any atom is 0.308 e. The van der Waals surface area contributed by atoms with E-state index in [9.17, 15) is 9.59 Å². The number of hydrogen-bond donors (Lipinski definition) is 0. The molecule has 0 spiro atoms. The second kappa shape index (κ2) is 7.55. The zero-order valence-electron chi connectivity index (χ0n) is 12.8. The lowest BCUT2D eigenvalue weighted by Crippen LogP contribution is -2.05. The molecule has 0 saturated heterocycles. The van der Waals surface area contributed by atoms with Crippen LogP contribution in [0.2, 0.25) is 0 Å². The molecule has 0 N–H and O–H groups in total. The first kappa shape index (κ1) is 16.0. The molecule has 22 heavy (non-hydrogen) atoms. The van der Waals surface area contributed by atoms with Crippen molar-refractivity contribution in [3.05, 3.63) is 54.6 Å². The maximum atomic E-state index is 12.1. The van der Waals surface area contributed by atoms with Crippen molar-refractivity contribution in [1.82, 2.24) is 0 Å². The van der Waals surface area contributed by atoms with Gasteiger partial charge in [-0.05, 0) is 41.3 Å². The molecule has 0 aromatic heterocycles. The Balaban J connectivity index is 2.27. The fourth-order valence-corrected chi connectivity index (χ4v) is 2.48. The summed E-state index contributed by atoms with van der Waals surface area (Å²) in [4.78, 5) is 23.3. The van der Waals surface area contributed by atoms with Gasteiger partial charge < -0.3 is 4.74 Å². The standard InChI is InChI=1S/C19H20O3/c1-3-4-5-9-17(21)11-16-13-18(22-14(2)20)12-15-8-6-7-10-19(15)16/h3,6-8,10,12-13H,1,4-5,9,11H2,2H3. The quantitative estimate of drug-likeness (QED) is 0.332. The number of unbranched alkanes of at least 4 members (excludes halogenated alkanes) is 1. The van der Waals surface area contributed by atoms with E-state index in [4.69, 9.17) is 4.74 Å². The molecule has 0 heterocycles. The summed E-state index contributed by atoms with van der Waals surface area (Å²) in [6, 6.07) is 11.4. The molecule has 0 atom stereocenters. The minimum atomic E-state index is -0.362. The van der Waals surface area contributed by atoms with Crippen LogP contribution in [0.4, 0.5) is 0 Å². The number of ether oxygens (including phenoxy) is 1. The summed E-state index contributed by atoms with van der Waals surface area (Å²) in [6.07, 6.45) is 4.39. The first-order valence-electron chi connectivity index (χ1n) is 7.43. The van der Waals surface area contributed by atoms with Crippen LogP contribution in [0.15, 0.2) is 49.1 Å². The van der Waals surface area contributed by atoms with Gasteiger partial charge in [0.15, 0.2) is 0 Å². The van der Waals surface area contributed by atoms with E-state index in [0.717, 1.165) is 29.2 Å². The van der Waals surface area contributed by atoms with Gasteiger partial charge in [0.1, 0.15) is 11.5 Å². The van der Waals surface area contributed by atoms with E-state index in [1.807, 2.05) is 36.4 Å². The van der Waals surface area contributed by atoms with Crippen LogP contribution in [0, 0.1) is 0 Å². The summed E-state index contributed by atoms with van der Waals surface area (Å²) in [5.41, 5.74) is 0.901. The average molecular weight is 296 g/mol. The maximum absolute atomic E-state index is 12.1. The van der Waals surface area contributed by atoms with Crippen molar-refractivity contribution in [2.75, 3.05) is 0 Å². The Morgan fingerprint density at radius 3 is 2.73 bits per heavy atom. The summed E-state index contributed by atoms with van der Waals surface area (Å²) in [5.74, 6) is 0.311. The second-order valence-electron chi connectivity index (χ2n) is 5.29. The summed E-state index contributed by atoms with van der Waals surface area (Å²) < 4.78 is 5.18. The number of ketones is 1. The highest BCUT2D eigenvalue weighted by atomic mass is 16.5. The largest absolute Gasteiger partial charge is 0.427 e. The molecule has 0 amide bonds. The van der Waals surface area contributed by atoms with Crippen molar-refractivity contribution >= 4 is 22.5 Å².